The van der Waals surface area contributed by atoms with Gasteiger partial charge >= 0.3 is 5.97 Å². The van der Waals surface area contributed by atoms with Gasteiger partial charge in [-0.1, -0.05) is 19.9 Å². The summed E-state index contributed by atoms with van der Waals surface area (Å²) in [5, 5.41) is 12.9. The Morgan fingerprint density at radius 1 is 1.29 bits per heavy atom. The van der Waals surface area contributed by atoms with Crippen LogP contribution >= 0.6 is 0 Å². The molecule has 0 saturated carbocycles. The van der Waals surface area contributed by atoms with Crippen LogP contribution in [0.15, 0.2) is 18.2 Å². The van der Waals surface area contributed by atoms with E-state index in [-0.39, 0.29) is 29.8 Å². The Kier molecular flexibility index (Phi) is 6.48. The highest BCUT2D eigenvalue weighted by Crippen LogP contribution is 2.34. The van der Waals surface area contributed by atoms with Crippen molar-refractivity contribution in [3.05, 3.63) is 29.5 Å². The van der Waals surface area contributed by atoms with Crippen molar-refractivity contribution in [3.8, 4) is 5.75 Å². The average Bonchev–Trinajstić information content (AvgIpc) is 2.63. The Morgan fingerprint density at radius 2 is 1.93 bits per heavy atom. The summed E-state index contributed by atoms with van der Waals surface area (Å²) >= 11 is 0. The molecule has 1 aromatic carbocycles. The molecule has 0 bridgehead atoms. The highest BCUT2D eigenvalue weighted by molar-refractivity contribution is 6.06. The molecule has 0 aliphatic carbocycles. The number of aryl methyl sites for hydroxylation is 1. The molecular formula is C21H29N3O4. The maximum Gasteiger partial charge on any atom is 0.339 e. The molecular weight excluding hydrogens is 358 g/mol. The zero-order valence-electron chi connectivity index (χ0n) is 17.1. The lowest BCUT2D eigenvalue weighted by atomic mass is 9.92. The molecule has 0 atom stereocenters. The van der Waals surface area contributed by atoms with Crippen LogP contribution in [0.25, 0.3) is 10.9 Å². The molecule has 0 fully saturated rings. The van der Waals surface area contributed by atoms with E-state index >= 15 is 0 Å². The molecule has 2 aromatic rings. The van der Waals surface area contributed by atoms with Gasteiger partial charge in [-0.2, -0.15) is 0 Å². The Hall–Kier alpha value is -2.83. The van der Waals surface area contributed by atoms with Crippen molar-refractivity contribution in [2.75, 3.05) is 12.3 Å². The van der Waals surface area contributed by atoms with Crippen LogP contribution in [0.5, 0.6) is 5.75 Å². The highest BCUT2D eigenvalue weighted by Gasteiger charge is 2.30. The largest absolute Gasteiger partial charge is 0.492 e. The monoisotopic (exact) mass is 387 g/mol. The van der Waals surface area contributed by atoms with Crippen LogP contribution in [0.1, 0.15) is 56.6 Å². The molecule has 0 aliphatic heterocycles. The quantitative estimate of drug-likeness (QED) is 0.638. The number of nitrogens with one attached hydrogen (secondary N) is 1. The van der Waals surface area contributed by atoms with Crippen molar-refractivity contribution < 1.29 is 19.4 Å². The van der Waals surface area contributed by atoms with E-state index in [0.717, 1.165) is 12.8 Å². The van der Waals surface area contributed by atoms with Crippen molar-refractivity contribution in [2.24, 2.45) is 5.41 Å². The van der Waals surface area contributed by atoms with E-state index < -0.39 is 11.4 Å². The molecule has 7 nitrogen and oxygen atoms in total. The number of hydrogen-bond donors (Lipinski definition) is 3. The fourth-order valence-corrected chi connectivity index (χ4v) is 3.03. The summed E-state index contributed by atoms with van der Waals surface area (Å²) in [6, 6.07) is 5.35. The number of ether oxygens (including phenoxy) is 1. The van der Waals surface area contributed by atoms with E-state index in [0.29, 0.717) is 22.3 Å². The summed E-state index contributed by atoms with van der Waals surface area (Å²) in [5.74, 6) is -0.813. The minimum atomic E-state index is -1.14. The minimum absolute atomic E-state index is 0.0331. The van der Waals surface area contributed by atoms with Crippen LogP contribution in [0, 0.1) is 12.3 Å². The van der Waals surface area contributed by atoms with Crippen LogP contribution in [0.4, 0.5) is 5.69 Å². The maximum atomic E-state index is 12.6. The Balaban J connectivity index is 2.32. The van der Waals surface area contributed by atoms with Crippen molar-refractivity contribution in [3.63, 3.8) is 0 Å². The summed E-state index contributed by atoms with van der Waals surface area (Å²) in [4.78, 5) is 28.5. The molecule has 0 spiro atoms. The molecule has 28 heavy (non-hydrogen) atoms. The second-order valence-electron chi connectivity index (χ2n) is 7.60. The topological polar surface area (TPSA) is 115 Å². The van der Waals surface area contributed by atoms with Gasteiger partial charge in [0.15, 0.2) is 0 Å². The highest BCUT2D eigenvalue weighted by atomic mass is 16.5. The molecule has 0 radical (unpaired) electrons. The van der Waals surface area contributed by atoms with E-state index in [4.69, 9.17) is 10.5 Å². The maximum absolute atomic E-state index is 12.6. The number of amides is 1. The number of aromatic carboxylic acids is 1. The lowest BCUT2D eigenvalue weighted by molar-refractivity contribution is -0.131. The van der Waals surface area contributed by atoms with Gasteiger partial charge in [-0.15, -0.1) is 0 Å². The number of fused-ring (bicyclic) bond motifs is 1. The number of carbonyl (C=O) groups excluding carboxylic acids is 1. The summed E-state index contributed by atoms with van der Waals surface area (Å²) in [6.45, 7) is 9.41. The van der Waals surface area contributed by atoms with E-state index in [9.17, 15) is 14.7 Å². The molecule has 7 heteroatoms. The number of benzene rings is 1. The number of hydrogen-bond acceptors (Lipinski definition) is 5. The molecule has 1 amide bonds. The van der Waals surface area contributed by atoms with Crippen molar-refractivity contribution >= 4 is 28.5 Å². The summed E-state index contributed by atoms with van der Waals surface area (Å²) < 4.78 is 5.94. The van der Waals surface area contributed by atoms with Gasteiger partial charge in [0.2, 0.25) is 5.91 Å². The molecule has 0 aliphatic rings. The fraction of sp³-hybridized carbons (Fsp3) is 0.476. The number of aromatic nitrogens is 1. The number of nitrogen functional groups attached to an aromatic ring is 1. The van der Waals surface area contributed by atoms with Gasteiger partial charge in [-0.25, -0.2) is 4.79 Å². The molecule has 0 unspecified atom stereocenters. The minimum Gasteiger partial charge on any atom is -0.492 e. The van der Waals surface area contributed by atoms with E-state index in [1.165, 1.54) is 0 Å². The smallest absolute Gasteiger partial charge is 0.339 e. The number of anilines is 1. The first-order valence-electron chi connectivity index (χ1n) is 9.48. The Labute approximate surface area is 165 Å². The molecule has 2 rings (SSSR count). The van der Waals surface area contributed by atoms with Gasteiger partial charge in [0.25, 0.3) is 0 Å². The summed E-state index contributed by atoms with van der Waals surface area (Å²) in [5.41, 5.74) is 6.35. The third-order valence-electron chi connectivity index (χ3n) is 4.93. The van der Waals surface area contributed by atoms with Crippen LogP contribution in [0.2, 0.25) is 0 Å². The van der Waals surface area contributed by atoms with Crippen molar-refractivity contribution in [1.82, 2.24) is 10.3 Å². The number of rotatable bonds is 8. The standard InChI is InChI=1S/C21H29N3O4/c1-6-13(7-2)24-20(27)21(4,5)11-28-15-10-8-9-14-17(15)18(22)16(19(25)26)12(3)23-14/h8-10,13H,6-7,11H2,1-5H3,(H2,22,23)(H,24,27)(H,25,26). The van der Waals surface area contributed by atoms with Gasteiger partial charge in [0, 0.05) is 6.04 Å². The molecule has 1 heterocycles. The third-order valence-corrected chi connectivity index (χ3v) is 4.93. The number of pyridine rings is 1. The predicted octanol–water partition coefficient (Wildman–Crippen LogP) is 3.53. The zero-order valence-corrected chi connectivity index (χ0v) is 17.1. The lowest BCUT2D eigenvalue weighted by Gasteiger charge is -2.27. The molecule has 4 N–H and O–H groups in total. The average molecular weight is 387 g/mol. The normalized spacial score (nSPS) is 11.6. The van der Waals surface area contributed by atoms with Crippen LogP contribution in [-0.2, 0) is 4.79 Å². The third kappa shape index (κ3) is 4.35. The SMILES string of the molecule is CCC(CC)NC(=O)C(C)(C)COc1cccc2nc(C)c(C(=O)O)c(N)c12. The Morgan fingerprint density at radius 3 is 2.50 bits per heavy atom. The van der Waals surface area contributed by atoms with Gasteiger partial charge in [0.05, 0.1) is 27.7 Å². The van der Waals surface area contributed by atoms with E-state index in [2.05, 4.69) is 10.3 Å². The van der Waals surface area contributed by atoms with Crippen LogP contribution in [-0.4, -0.2) is 34.6 Å². The zero-order chi connectivity index (χ0) is 21.1. The number of carbonyl (C=O) groups is 2. The van der Waals surface area contributed by atoms with Gasteiger partial charge in [-0.3, -0.25) is 9.78 Å². The van der Waals surface area contributed by atoms with Gasteiger partial charge in [0.1, 0.15) is 17.9 Å². The lowest BCUT2D eigenvalue weighted by Crippen LogP contribution is -2.45. The predicted molar refractivity (Wildman–Crippen MR) is 110 cm³/mol. The molecule has 0 saturated heterocycles. The van der Waals surface area contributed by atoms with E-state index in [1.54, 1.807) is 25.1 Å². The summed E-state index contributed by atoms with van der Waals surface area (Å²) in [7, 11) is 0. The second-order valence-corrected chi connectivity index (χ2v) is 7.60. The first-order valence-corrected chi connectivity index (χ1v) is 9.48. The van der Waals surface area contributed by atoms with Crippen molar-refractivity contribution in [1.29, 1.82) is 0 Å². The van der Waals surface area contributed by atoms with Gasteiger partial charge < -0.3 is 20.9 Å². The first-order chi connectivity index (χ1) is 13.1. The Bertz CT molecular complexity index is 889. The van der Waals surface area contributed by atoms with Crippen LogP contribution < -0.4 is 15.8 Å². The number of carboxylic acid groups (broad SMARTS) is 1. The van der Waals surface area contributed by atoms with Crippen LogP contribution in [0.3, 0.4) is 0 Å². The van der Waals surface area contributed by atoms with Crippen molar-refractivity contribution in [2.45, 2.75) is 53.5 Å². The first kappa shape index (κ1) is 21.5. The number of nitrogens with zero attached hydrogens (tertiary/aromatic N) is 1. The second kappa shape index (κ2) is 8.46. The van der Waals surface area contributed by atoms with E-state index in [1.807, 2.05) is 27.7 Å². The molecule has 152 valence electrons. The van der Waals surface area contributed by atoms with Gasteiger partial charge in [-0.05, 0) is 45.7 Å². The molecule has 1 aromatic heterocycles. The number of nitrogens with two attached hydrogens (primary N) is 1. The fourth-order valence-electron chi connectivity index (χ4n) is 3.03. The number of carboxylic acids is 1. The summed E-state index contributed by atoms with van der Waals surface area (Å²) in [6.07, 6.45) is 1.73.